The van der Waals surface area contributed by atoms with Gasteiger partial charge in [0.15, 0.2) is 0 Å². The molecule has 1 saturated heterocycles. The zero-order valence-corrected chi connectivity index (χ0v) is 23.7. The number of hydrogen-bond acceptors (Lipinski definition) is 6. The van der Waals surface area contributed by atoms with Crippen molar-refractivity contribution >= 4 is 45.2 Å². The molecule has 12 heteroatoms. The van der Waals surface area contributed by atoms with Gasteiger partial charge in [-0.3, -0.25) is 9.80 Å². The Morgan fingerprint density at radius 2 is 1.79 bits per heavy atom. The molecule has 0 spiro atoms. The number of ether oxygens (including phenoxy) is 1. The van der Waals surface area contributed by atoms with Crippen LogP contribution in [0.2, 0.25) is 10.0 Å². The van der Waals surface area contributed by atoms with Gasteiger partial charge in [-0.1, -0.05) is 41.4 Å². The summed E-state index contributed by atoms with van der Waals surface area (Å²) in [6.45, 7) is 5.03. The Kier molecular flexibility index (Phi) is 8.68. The van der Waals surface area contributed by atoms with Crippen LogP contribution in [-0.4, -0.2) is 80.4 Å². The van der Waals surface area contributed by atoms with Crippen molar-refractivity contribution in [2.24, 2.45) is 0 Å². The van der Waals surface area contributed by atoms with Gasteiger partial charge < -0.3 is 10.1 Å². The number of esters is 1. The largest absolute Gasteiger partial charge is 0.463 e. The van der Waals surface area contributed by atoms with Crippen molar-refractivity contribution < 1.29 is 22.7 Å². The molecule has 2 aromatic rings. The molecule has 9 nitrogen and oxygen atoms in total. The Morgan fingerprint density at radius 1 is 1.11 bits per heavy atom. The maximum absolute atomic E-state index is 13.3. The van der Waals surface area contributed by atoms with Crippen molar-refractivity contribution in [3.05, 3.63) is 75.4 Å². The van der Waals surface area contributed by atoms with E-state index in [2.05, 4.69) is 5.32 Å². The van der Waals surface area contributed by atoms with Crippen LogP contribution in [0.5, 0.6) is 0 Å². The number of likely N-dealkylation sites (N-methyl/N-ethyl adjacent to an activating group) is 1. The van der Waals surface area contributed by atoms with Gasteiger partial charge >= 0.3 is 12.0 Å². The minimum atomic E-state index is -3.71. The second-order valence-electron chi connectivity index (χ2n) is 9.20. The number of carbonyl (C=O) groups is 2. The minimum Gasteiger partial charge on any atom is -0.463 e. The summed E-state index contributed by atoms with van der Waals surface area (Å²) in [6.07, 6.45) is 0. The summed E-state index contributed by atoms with van der Waals surface area (Å²) in [5.74, 6) is -0.545. The molecule has 1 fully saturated rings. The van der Waals surface area contributed by atoms with E-state index in [1.807, 2.05) is 11.8 Å². The number of hydrogen-bond donors (Lipinski definition) is 1. The molecular weight excluding hydrogens is 551 g/mol. The number of amides is 2. The summed E-state index contributed by atoms with van der Waals surface area (Å²) in [4.78, 5) is 29.8. The van der Waals surface area contributed by atoms with Crippen LogP contribution in [0.15, 0.2) is 64.7 Å². The highest BCUT2D eigenvalue weighted by Crippen LogP contribution is 2.35. The van der Waals surface area contributed by atoms with E-state index in [1.165, 1.54) is 21.3 Å². The highest BCUT2D eigenvalue weighted by molar-refractivity contribution is 7.89. The van der Waals surface area contributed by atoms with Crippen LogP contribution in [0.3, 0.4) is 0 Å². The second kappa shape index (κ2) is 11.6. The lowest BCUT2D eigenvalue weighted by molar-refractivity contribution is -0.139. The number of nitrogens with zero attached hydrogens (tertiary/aromatic N) is 3. The van der Waals surface area contributed by atoms with Crippen molar-refractivity contribution in [2.75, 3.05) is 39.8 Å². The molecule has 0 bridgehead atoms. The molecule has 0 unspecified atom stereocenters. The number of benzene rings is 2. The number of urea groups is 1. The Labute approximate surface area is 233 Å². The number of rotatable bonds is 7. The predicted octanol–water partition coefficient (Wildman–Crippen LogP) is 3.90. The second-order valence-corrected chi connectivity index (χ2v) is 11.9. The van der Waals surface area contributed by atoms with E-state index in [1.54, 1.807) is 50.4 Å². The van der Waals surface area contributed by atoms with Crippen LogP contribution in [0.1, 0.15) is 25.5 Å². The quantitative estimate of drug-likeness (QED) is 0.498. The Hall–Kier alpha value is -2.63. The van der Waals surface area contributed by atoms with E-state index in [4.69, 9.17) is 27.9 Å². The third-order valence-electron chi connectivity index (χ3n) is 6.73. The lowest BCUT2D eigenvalue weighted by atomic mass is 9.94. The van der Waals surface area contributed by atoms with Crippen LogP contribution < -0.4 is 5.32 Å². The number of nitrogens with one attached hydrogen (secondary N) is 1. The molecule has 2 aliphatic rings. The molecule has 2 aromatic carbocycles. The standard InChI is InChI=1S/C26H30Cl2N4O5S/c1-4-37-25(33)23-22(30(3)26(34)29-24(23)20-7-5-6-8-21(20)28)16-31-13-14-32(17(2)15-31)38(35,36)19-11-9-18(27)10-12-19/h5-12,17,24H,4,13-16H2,1-3H3,(H,29,34)/t17-,24-/m0/s1. The first-order valence-corrected chi connectivity index (χ1v) is 14.4. The molecule has 2 aliphatic heterocycles. The minimum absolute atomic E-state index is 0.167. The summed E-state index contributed by atoms with van der Waals surface area (Å²) < 4.78 is 33.4. The Morgan fingerprint density at radius 3 is 2.42 bits per heavy atom. The molecule has 0 saturated carbocycles. The first kappa shape index (κ1) is 28.4. The smallest absolute Gasteiger partial charge is 0.338 e. The van der Waals surface area contributed by atoms with Crippen LogP contribution in [0.25, 0.3) is 0 Å². The highest BCUT2D eigenvalue weighted by Gasteiger charge is 2.40. The van der Waals surface area contributed by atoms with E-state index < -0.39 is 22.0 Å². The van der Waals surface area contributed by atoms with Crippen LogP contribution in [0, 0.1) is 0 Å². The SMILES string of the molecule is CCOC(=O)C1=C(CN2CCN(S(=O)(=O)c3ccc(Cl)cc3)[C@@H](C)C2)N(C)C(=O)N[C@H]1c1ccccc1Cl. The first-order valence-electron chi connectivity index (χ1n) is 12.2. The van der Waals surface area contributed by atoms with Crippen LogP contribution >= 0.6 is 23.2 Å². The number of halogens is 2. The molecule has 1 N–H and O–H groups in total. The maximum Gasteiger partial charge on any atom is 0.338 e. The molecule has 4 rings (SSSR count). The van der Waals surface area contributed by atoms with Gasteiger partial charge in [-0.15, -0.1) is 0 Å². The fourth-order valence-electron chi connectivity index (χ4n) is 4.81. The maximum atomic E-state index is 13.3. The van der Waals surface area contributed by atoms with E-state index in [-0.39, 0.29) is 36.7 Å². The fraction of sp³-hybridized carbons (Fsp3) is 0.385. The zero-order valence-electron chi connectivity index (χ0n) is 21.4. The van der Waals surface area contributed by atoms with E-state index in [0.717, 1.165) is 0 Å². The summed E-state index contributed by atoms with van der Waals surface area (Å²) in [5.41, 5.74) is 1.37. The monoisotopic (exact) mass is 580 g/mol. The van der Waals surface area contributed by atoms with Gasteiger partial charge in [0.05, 0.1) is 23.1 Å². The fourth-order valence-corrected chi connectivity index (χ4v) is 6.80. The zero-order chi connectivity index (χ0) is 27.6. The first-order chi connectivity index (χ1) is 18.0. The lowest BCUT2D eigenvalue weighted by Crippen LogP contribution is -2.56. The average Bonchev–Trinajstić information content (AvgIpc) is 2.87. The van der Waals surface area contributed by atoms with Crippen molar-refractivity contribution in [3.63, 3.8) is 0 Å². The molecule has 2 atom stereocenters. The van der Waals surface area contributed by atoms with E-state index in [9.17, 15) is 18.0 Å². The third kappa shape index (κ3) is 5.69. The molecule has 0 radical (unpaired) electrons. The van der Waals surface area contributed by atoms with Crippen molar-refractivity contribution in [2.45, 2.75) is 30.8 Å². The summed E-state index contributed by atoms with van der Waals surface area (Å²) in [6, 6.07) is 11.6. The van der Waals surface area contributed by atoms with Gasteiger partial charge in [0.2, 0.25) is 10.0 Å². The average molecular weight is 582 g/mol. The molecule has 0 aromatic heterocycles. The Balaban J connectivity index is 1.63. The van der Waals surface area contributed by atoms with Gasteiger partial charge in [-0.25, -0.2) is 18.0 Å². The van der Waals surface area contributed by atoms with Crippen LogP contribution in [0.4, 0.5) is 4.79 Å². The Bertz CT molecular complexity index is 1350. The third-order valence-corrected chi connectivity index (χ3v) is 9.36. The predicted molar refractivity (Wildman–Crippen MR) is 145 cm³/mol. The van der Waals surface area contributed by atoms with Crippen molar-refractivity contribution in [1.82, 2.24) is 19.4 Å². The number of sulfonamides is 1. The van der Waals surface area contributed by atoms with Gasteiger partial charge in [-0.05, 0) is 49.7 Å². The van der Waals surface area contributed by atoms with Gasteiger partial charge in [0.1, 0.15) is 0 Å². The number of carbonyl (C=O) groups excluding carboxylic acids is 2. The topological polar surface area (TPSA) is 99.3 Å². The molecule has 2 heterocycles. The van der Waals surface area contributed by atoms with Gasteiger partial charge in [0.25, 0.3) is 0 Å². The van der Waals surface area contributed by atoms with Gasteiger partial charge in [0, 0.05) is 55.0 Å². The highest BCUT2D eigenvalue weighted by atomic mass is 35.5. The summed E-state index contributed by atoms with van der Waals surface area (Å²) >= 11 is 12.4. The molecule has 0 aliphatic carbocycles. The van der Waals surface area contributed by atoms with E-state index in [0.29, 0.717) is 40.0 Å². The molecule has 38 heavy (non-hydrogen) atoms. The summed E-state index contributed by atoms with van der Waals surface area (Å²) in [5, 5.41) is 3.74. The van der Waals surface area contributed by atoms with E-state index >= 15 is 0 Å². The summed E-state index contributed by atoms with van der Waals surface area (Å²) in [7, 11) is -2.12. The number of piperazine rings is 1. The molecule has 2 amide bonds. The molecule has 204 valence electrons. The molecular formula is C26H30Cl2N4O5S. The van der Waals surface area contributed by atoms with Gasteiger partial charge in [-0.2, -0.15) is 4.31 Å². The normalized spacial score (nSPS) is 21.4. The lowest BCUT2D eigenvalue weighted by Gasteiger charge is -2.41. The van der Waals surface area contributed by atoms with Crippen molar-refractivity contribution in [3.8, 4) is 0 Å². The van der Waals surface area contributed by atoms with Crippen LogP contribution in [-0.2, 0) is 19.6 Å². The van der Waals surface area contributed by atoms with Crippen molar-refractivity contribution in [1.29, 1.82) is 0 Å².